The lowest BCUT2D eigenvalue weighted by Crippen LogP contribution is -2.43. The van der Waals surface area contributed by atoms with Crippen LogP contribution in [0.2, 0.25) is 0 Å². The Bertz CT molecular complexity index is 565. The number of hydrogen-bond donors (Lipinski definition) is 1. The first-order valence-corrected chi connectivity index (χ1v) is 8.18. The van der Waals surface area contributed by atoms with Gasteiger partial charge in [0.1, 0.15) is 10.4 Å². The summed E-state index contributed by atoms with van der Waals surface area (Å²) in [6, 6.07) is 2.92. The molecular formula is C13H13NO3S3. The molecule has 0 unspecified atom stereocenters. The third-order valence-corrected chi connectivity index (χ3v) is 4.95. The molecule has 1 atom stereocenters. The van der Waals surface area contributed by atoms with Gasteiger partial charge in [-0.3, -0.25) is 9.69 Å². The predicted molar refractivity (Wildman–Crippen MR) is 85.7 cm³/mol. The molecule has 1 aromatic heterocycles. The second-order valence-corrected chi connectivity index (χ2v) is 6.86. The number of aliphatic carboxylic acids is 1. The van der Waals surface area contributed by atoms with Gasteiger partial charge in [0.05, 0.1) is 4.91 Å². The molecule has 4 nitrogen and oxygen atoms in total. The van der Waals surface area contributed by atoms with Gasteiger partial charge in [0.25, 0.3) is 5.91 Å². The standard InChI is InChI=1S/C13H13NO3S3/c1-2-4-9(12(16)17)14-11(15)10(20-13(14)18)7-8-5-3-6-19-8/h3,5-7,9H,2,4H2,1H3,(H,16,17)/t9-/m1/s1. The van der Waals surface area contributed by atoms with Crippen molar-refractivity contribution in [3.8, 4) is 0 Å². The predicted octanol–water partition coefficient (Wildman–Crippen LogP) is 3.20. The van der Waals surface area contributed by atoms with Crippen molar-refractivity contribution in [3.05, 3.63) is 27.3 Å². The van der Waals surface area contributed by atoms with Crippen LogP contribution in [0.15, 0.2) is 22.4 Å². The molecular weight excluding hydrogens is 314 g/mol. The Morgan fingerprint density at radius 1 is 1.60 bits per heavy atom. The normalized spacial score (nSPS) is 18.9. The quantitative estimate of drug-likeness (QED) is 0.665. The minimum atomic E-state index is -1.01. The van der Waals surface area contributed by atoms with Gasteiger partial charge in [-0.1, -0.05) is 43.4 Å². The summed E-state index contributed by atoms with van der Waals surface area (Å²) in [6.45, 7) is 1.88. The number of rotatable bonds is 5. The lowest BCUT2D eigenvalue weighted by Gasteiger charge is -2.22. The first-order chi connectivity index (χ1) is 9.54. The smallest absolute Gasteiger partial charge is 0.326 e. The van der Waals surface area contributed by atoms with Crippen LogP contribution >= 0.6 is 35.3 Å². The highest BCUT2D eigenvalue weighted by atomic mass is 32.2. The van der Waals surface area contributed by atoms with Crippen LogP contribution in [-0.4, -0.2) is 32.2 Å². The fourth-order valence-corrected chi connectivity index (χ4v) is 3.97. The fraction of sp³-hybridized carbons (Fsp3) is 0.308. The Morgan fingerprint density at radius 3 is 2.90 bits per heavy atom. The van der Waals surface area contributed by atoms with Crippen LogP contribution in [0.4, 0.5) is 0 Å². The highest BCUT2D eigenvalue weighted by Gasteiger charge is 2.39. The fourth-order valence-electron chi connectivity index (χ4n) is 1.89. The molecule has 1 aliphatic rings. The van der Waals surface area contributed by atoms with Gasteiger partial charge in [-0.05, 0) is 23.9 Å². The average Bonchev–Trinajstić information content (AvgIpc) is 2.98. The van der Waals surface area contributed by atoms with Crippen molar-refractivity contribution in [2.45, 2.75) is 25.8 Å². The molecule has 1 N–H and O–H groups in total. The Balaban J connectivity index is 2.26. The molecule has 0 bridgehead atoms. The molecule has 1 aromatic rings. The molecule has 0 aliphatic carbocycles. The second kappa shape index (κ2) is 6.51. The molecule has 1 amide bonds. The number of thiocarbonyl (C=S) groups is 1. The summed E-state index contributed by atoms with van der Waals surface area (Å²) in [5.41, 5.74) is 0. The minimum absolute atomic E-state index is 0.311. The number of carboxylic acid groups (broad SMARTS) is 1. The number of thioether (sulfide) groups is 1. The molecule has 0 spiro atoms. The summed E-state index contributed by atoms with van der Waals surface area (Å²) >= 11 is 7.85. The van der Waals surface area contributed by atoms with E-state index in [0.717, 1.165) is 16.6 Å². The largest absolute Gasteiger partial charge is 0.480 e. The number of hydrogen-bond acceptors (Lipinski definition) is 5. The highest BCUT2D eigenvalue weighted by molar-refractivity contribution is 8.26. The molecule has 0 radical (unpaired) electrons. The summed E-state index contributed by atoms with van der Waals surface area (Å²) in [4.78, 5) is 26.3. The minimum Gasteiger partial charge on any atom is -0.480 e. The van der Waals surface area contributed by atoms with Gasteiger partial charge < -0.3 is 5.11 Å². The molecule has 106 valence electrons. The van der Waals surface area contributed by atoms with E-state index in [2.05, 4.69) is 0 Å². The number of amides is 1. The van der Waals surface area contributed by atoms with E-state index in [9.17, 15) is 14.7 Å². The number of carboxylic acids is 1. The Labute approximate surface area is 130 Å². The van der Waals surface area contributed by atoms with E-state index in [4.69, 9.17) is 12.2 Å². The SMILES string of the molecule is CCC[C@H](C(=O)O)N1C(=O)C(=Cc2cccs2)SC1=S. The number of carbonyl (C=O) groups is 2. The maximum Gasteiger partial charge on any atom is 0.326 e. The summed E-state index contributed by atoms with van der Waals surface area (Å²) in [5.74, 6) is -1.32. The van der Waals surface area contributed by atoms with Crippen LogP contribution in [0.3, 0.4) is 0 Å². The molecule has 0 saturated carbocycles. The van der Waals surface area contributed by atoms with Crippen LogP contribution in [0, 0.1) is 0 Å². The van der Waals surface area contributed by atoms with Gasteiger partial charge in [0.15, 0.2) is 0 Å². The van der Waals surface area contributed by atoms with E-state index in [1.54, 1.807) is 6.08 Å². The van der Waals surface area contributed by atoms with Crippen molar-refractivity contribution in [3.63, 3.8) is 0 Å². The highest BCUT2D eigenvalue weighted by Crippen LogP contribution is 2.35. The van der Waals surface area contributed by atoms with Crippen LogP contribution in [0.5, 0.6) is 0 Å². The number of thiophene rings is 1. The van der Waals surface area contributed by atoms with Gasteiger partial charge in [-0.25, -0.2) is 4.79 Å². The van der Waals surface area contributed by atoms with Crippen molar-refractivity contribution in [1.29, 1.82) is 0 Å². The van der Waals surface area contributed by atoms with Gasteiger partial charge >= 0.3 is 5.97 Å². The van der Waals surface area contributed by atoms with E-state index in [0.29, 0.717) is 22.1 Å². The van der Waals surface area contributed by atoms with Crippen molar-refractivity contribution in [2.24, 2.45) is 0 Å². The maximum atomic E-state index is 12.4. The van der Waals surface area contributed by atoms with Gasteiger partial charge in [-0.15, -0.1) is 11.3 Å². The number of carbonyl (C=O) groups excluding carboxylic acids is 1. The first kappa shape index (κ1) is 15.2. The summed E-state index contributed by atoms with van der Waals surface area (Å²) in [6.07, 6.45) is 2.83. The van der Waals surface area contributed by atoms with Crippen molar-refractivity contribution in [1.82, 2.24) is 4.90 Å². The lowest BCUT2D eigenvalue weighted by molar-refractivity contribution is -0.145. The molecule has 0 aromatic carbocycles. The van der Waals surface area contributed by atoms with Crippen molar-refractivity contribution < 1.29 is 14.7 Å². The first-order valence-electron chi connectivity index (χ1n) is 6.08. The van der Waals surface area contributed by atoms with Crippen LogP contribution in [0.1, 0.15) is 24.6 Å². The van der Waals surface area contributed by atoms with Crippen molar-refractivity contribution in [2.75, 3.05) is 0 Å². The second-order valence-electron chi connectivity index (χ2n) is 4.21. The molecule has 1 fully saturated rings. The summed E-state index contributed by atoms with van der Waals surface area (Å²) in [7, 11) is 0. The average molecular weight is 327 g/mol. The van der Waals surface area contributed by atoms with E-state index in [1.165, 1.54) is 16.2 Å². The van der Waals surface area contributed by atoms with Gasteiger partial charge in [0, 0.05) is 4.88 Å². The van der Waals surface area contributed by atoms with E-state index >= 15 is 0 Å². The molecule has 1 saturated heterocycles. The Kier molecular flexibility index (Phi) is 4.95. The zero-order valence-electron chi connectivity index (χ0n) is 10.7. The third kappa shape index (κ3) is 3.11. The lowest BCUT2D eigenvalue weighted by atomic mass is 10.1. The molecule has 2 heterocycles. The van der Waals surface area contributed by atoms with Crippen LogP contribution < -0.4 is 0 Å². The summed E-state index contributed by atoms with van der Waals surface area (Å²) in [5, 5.41) is 11.2. The zero-order valence-corrected chi connectivity index (χ0v) is 13.2. The zero-order chi connectivity index (χ0) is 14.7. The van der Waals surface area contributed by atoms with Gasteiger partial charge in [-0.2, -0.15) is 0 Å². The van der Waals surface area contributed by atoms with Gasteiger partial charge in [0.2, 0.25) is 0 Å². The van der Waals surface area contributed by atoms with E-state index in [-0.39, 0.29) is 5.91 Å². The third-order valence-electron chi connectivity index (χ3n) is 2.80. The van der Waals surface area contributed by atoms with E-state index < -0.39 is 12.0 Å². The molecule has 7 heteroatoms. The maximum absolute atomic E-state index is 12.4. The molecule has 2 rings (SSSR count). The molecule has 20 heavy (non-hydrogen) atoms. The van der Waals surface area contributed by atoms with Crippen molar-refractivity contribution >= 4 is 57.6 Å². The summed E-state index contributed by atoms with van der Waals surface area (Å²) < 4.78 is 0.318. The Morgan fingerprint density at radius 2 is 2.35 bits per heavy atom. The van der Waals surface area contributed by atoms with Crippen LogP contribution in [-0.2, 0) is 9.59 Å². The topological polar surface area (TPSA) is 57.6 Å². The number of nitrogens with zero attached hydrogens (tertiary/aromatic N) is 1. The van der Waals surface area contributed by atoms with Crippen LogP contribution in [0.25, 0.3) is 6.08 Å². The van der Waals surface area contributed by atoms with E-state index in [1.807, 2.05) is 24.4 Å². The molecule has 1 aliphatic heterocycles. The monoisotopic (exact) mass is 327 g/mol. The Hall–Kier alpha value is -1.18.